The van der Waals surface area contributed by atoms with E-state index in [1.54, 1.807) is 0 Å². The summed E-state index contributed by atoms with van der Waals surface area (Å²) in [5.74, 6) is 0. The first-order chi connectivity index (χ1) is 8.20. The molecule has 1 nitrogen and oxygen atoms in total. The Labute approximate surface area is 109 Å². The van der Waals surface area contributed by atoms with Crippen molar-refractivity contribution in [3.63, 3.8) is 0 Å². The second-order valence-corrected chi connectivity index (χ2v) is 5.14. The fraction of sp³-hybridized carbons (Fsp3) is 0.875. The third-order valence-electron chi connectivity index (χ3n) is 2.86. The van der Waals surface area contributed by atoms with Crippen LogP contribution in [0, 0.1) is 0 Å². The molecule has 102 valence electrons. The van der Waals surface area contributed by atoms with Crippen LogP contribution in [0.2, 0.25) is 0 Å². The molecule has 1 atom stereocenters. The van der Waals surface area contributed by atoms with E-state index >= 15 is 0 Å². The number of rotatable bonds is 11. The van der Waals surface area contributed by atoms with E-state index in [-0.39, 0.29) is 0 Å². The van der Waals surface area contributed by atoms with Crippen molar-refractivity contribution in [2.24, 2.45) is 0 Å². The molecule has 1 heteroatoms. The maximum absolute atomic E-state index is 5.92. The minimum atomic E-state index is 0.335. The van der Waals surface area contributed by atoms with Crippen LogP contribution in [-0.2, 0) is 4.74 Å². The van der Waals surface area contributed by atoms with Crippen molar-refractivity contribution in [2.75, 3.05) is 0 Å². The normalized spacial score (nSPS) is 13.7. The van der Waals surface area contributed by atoms with E-state index in [2.05, 4.69) is 39.8 Å². The molecule has 0 N–H and O–H groups in total. The molecule has 0 amide bonds. The minimum absolute atomic E-state index is 0.335. The first-order valence-corrected chi connectivity index (χ1v) is 7.52. The van der Waals surface area contributed by atoms with Crippen molar-refractivity contribution in [3.8, 4) is 0 Å². The van der Waals surface area contributed by atoms with Gasteiger partial charge in [0.15, 0.2) is 0 Å². The van der Waals surface area contributed by atoms with E-state index in [1.165, 1.54) is 51.4 Å². The third-order valence-corrected chi connectivity index (χ3v) is 2.86. The average Bonchev–Trinajstić information content (AvgIpc) is 2.28. The van der Waals surface area contributed by atoms with Crippen LogP contribution in [0.5, 0.6) is 0 Å². The first kappa shape index (κ1) is 16.7. The van der Waals surface area contributed by atoms with E-state index in [0.717, 1.165) is 0 Å². The number of hydrogen-bond donors (Lipinski definition) is 0. The van der Waals surface area contributed by atoms with E-state index in [0.29, 0.717) is 12.2 Å². The van der Waals surface area contributed by atoms with E-state index in [9.17, 15) is 0 Å². The Hall–Kier alpha value is -0.300. The molecular weight excluding hydrogens is 208 g/mol. The number of ether oxygens (including phenoxy) is 1. The lowest BCUT2D eigenvalue weighted by atomic mass is 10.1. The van der Waals surface area contributed by atoms with Crippen LogP contribution in [0.25, 0.3) is 0 Å². The van der Waals surface area contributed by atoms with Gasteiger partial charge in [0, 0.05) is 0 Å². The van der Waals surface area contributed by atoms with Gasteiger partial charge in [-0.3, -0.25) is 0 Å². The van der Waals surface area contributed by atoms with E-state index in [4.69, 9.17) is 4.74 Å². The molecule has 0 fully saturated rings. The van der Waals surface area contributed by atoms with Crippen LogP contribution < -0.4 is 0 Å². The Morgan fingerprint density at radius 2 is 1.59 bits per heavy atom. The summed E-state index contributed by atoms with van der Waals surface area (Å²) in [6.45, 7) is 8.74. The van der Waals surface area contributed by atoms with Gasteiger partial charge in [-0.25, -0.2) is 0 Å². The van der Waals surface area contributed by atoms with Gasteiger partial charge in [-0.1, -0.05) is 58.1 Å². The molecule has 0 spiro atoms. The Balaban J connectivity index is 3.82. The highest BCUT2D eigenvalue weighted by Gasteiger charge is 2.06. The van der Waals surface area contributed by atoms with Gasteiger partial charge in [-0.2, -0.15) is 0 Å². The van der Waals surface area contributed by atoms with Gasteiger partial charge in [0.2, 0.25) is 0 Å². The van der Waals surface area contributed by atoms with Gasteiger partial charge in [-0.15, -0.1) is 0 Å². The van der Waals surface area contributed by atoms with Gasteiger partial charge in [0.25, 0.3) is 0 Å². The summed E-state index contributed by atoms with van der Waals surface area (Å²) >= 11 is 0. The van der Waals surface area contributed by atoms with E-state index < -0.39 is 0 Å². The molecule has 0 aromatic heterocycles. The molecule has 0 aromatic carbocycles. The Bertz CT molecular complexity index is 172. The molecular formula is C16H32O. The summed E-state index contributed by atoms with van der Waals surface area (Å²) in [6, 6.07) is 0. The highest BCUT2D eigenvalue weighted by Crippen LogP contribution is 2.11. The molecule has 0 rings (SSSR count). The second-order valence-electron chi connectivity index (χ2n) is 5.14. The lowest BCUT2D eigenvalue weighted by molar-refractivity contribution is 0.0297. The van der Waals surface area contributed by atoms with Crippen molar-refractivity contribution in [3.05, 3.63) is 12.2 Å². The summed E-state index contributed by atoms with van der Waals surface area (Å²) in [6.07, 6.45) is 15.5. The van der Waals surface area contributed by atoms with Crippen molar-refractivity contribution in [1.29, 1.82) is 0 Å². The molecule has 0 bridgehead atoms. The highest BCUT2D eigenvalue weighted by molar-refractivity contribution is 4.89. The van der Waals surface area contributed by atoms with E-state index in [1.807, 2.05) is 0 Å². The van der Waals surface area contributed by atoms with Crippen molar-refractivity contribution in [1.82, 2.24) is 0 Å². The van der Waals surface area contributed by atoms with Crippen LogP contribution in [0.1, 0.15) is 79.1 Å². The quantitative estimate of drug-likeness (QED) is 0.342. The smallest absolute Gasteiger partial charge is 0.0759 e. The zero-order valence-corrected chi connectivity index (χ0v) is 12.4. The standard InChI is InChI=1S/C16H32O/c1-5-7-9-10-12-14-16(17-15(3)4)13-11-8-6-2/h12,14-16H,5-11,13H2,1-4H3/b14-12+. The monoisotopic (exact) mass is 240 g/mol. The Morgan fingerprint density at radius 3 is 2.18 bits per heavy atom. The van der Waals surface area contributed by atoms with Crippen LogP contribution >= 0.6 is 0 Å². The summed E-state index contributed by atoms with van der Waals surface area (Å²) in [5, 5.41) is 0. The second kappa shape index (κ2) is 12.2. The molecule has 17 heavy (non-hydrogen) atoms. The van der Waals surface area contributed by atoms with Crippen molar-refractivity contribution < 1.29 is 4.74 Å². The van der Waals surface area contributed by atoms with Gasteiger partial charge in [-0.05, 0) is 33.1 Å². The van der Waals surface area contributed by atoms with Crippen molar-refractivity contribution >= 4 is 0 Å². The molecule has 0 aliphatic rings. The number of hydrogen-bond acceptors (Lipinski definition) is 1. The molecule has 0 aliphatic carbocycles. The van der Waals surface area contributed by atoms with Crippen LogP contribution in [0.3, 0.4) is 0 Å². The lowest BCUT2D eigenvalue weighted by Gasteiger charge is -2.17. The number of unbranched alkanes of at least 4 members (excludes halogenated alkanes) is 5. The Morgan fingerprint density at radius 1 is 0.941 bits per heavy atom. The van der Waals surface area contributed by atoms with Crippen LogP contribution in [0.15, 0.2) is 12.2 Å². The molecule has 0 saturated heterocycles. The van der Waals surface area contributed by atoms with Crippen LogP contribution in [-0.4, -0.2) is 12.2 Å². The average molecular weight is 240 g/mol. The molecule has 1 unspecified atom stereocenters. The fourth-order valence-corrected chi connectivity index (χ4v) is 1.91. The fourth-order valence-electron chi connectivity index (χ4n) is 1.91. The zero-order chi connectivity index (χ0) is 12.9. The number of allylic oxidation sites excluding steroid dienone is 1. The largest absolute Gasteiger partial charge is 0.372 e. The first-order valence-electron chi connectivity index (χ1n) is 7.52. The molecule has 0 saturated carbocycles. The summed E-state index contributed by atoms with van der Waals surface area (Å²) in [5.41, 5.74) is 0. The predicted molar refractivity (Wildman–Crippen MR) is 77.4 cm³/mol. The summed E-state index contributed by atoms with van der Waals surface area (Å²) < 4.78 is 5.92. The topological polar surface area (TPSA) is 9.23 Å². The Kier molecular flexibility index (Phi) is 12.0. The third kappa shape index (κ3) is 12.0. The highest BCUT2D eigenvalue weighted by atomic mass is 16.5. The van der Waals surface area contributed by atoms with Gasteiger partial charge < -0.3 is 4.74 Å². The molecule has 0 aromatic rings. The van der Waals surface area contributed by atoms with Crippen LogP contribution in [0.4, 0.5) is 0 Å². The van der Waals surface area contributed by atoms with Gasteiger partial charge in [0.1, 0.15) is 0 Å². The summed E-state index contributed by atoms with van der Waals surface area (Å²) in [4.78, 5) is 0. The maximum atomic E-state index is 5.92. The molecule has 0 radical (unpaired) electrons. The minimum Gasteiger partial charge on any atom is -0.372 e. The molecule has 0 heterocycles. The van der Waals surface area contributed by atoms with Crippen molar-refractivity contribution in [2.45, 2.75) is 91.3 Å². The SMILES string of the molecule is CCCCC/C=C/C(CCCCC)OC(C)C. The molecule has 0 aliphatic heterocycles. The van der Waals surface area contributed by atoms with Gasteiger partial charge in [0.05, 0.1) is 12.2 Å². The zero-order valence-electron chi connectivity index (χ0n) is 12.4. The maximum Gasteiger partial charge on any atom is 0.0759 e. The summed E-state index contributed by atoms with van der Waals surface area (Å²) in [7, 11) is 0. The van der Waals surface area contributed by atoms with Gasteiger partial charge >= 0.3 is 0 Å². The predicted octanol–water partition coefficient (Wildman–Crippen LogP) is 5.50. The lowest BCUT2D eigenvalue weighted by Crippen LogP contribution is -2.15.